The molecule has 0 spiro atoms. The Kier molecular flexibility index (Phi) is 3.68. The van der Waals surface area contributed by atoms with Crippen LogP contribution in [0.5, 0.6) is 0 Å². The van der Waals surface area contributed by atoms with Crippen molar-refractivity contribution >= 4 is 27.7 Å². The molecule has 1 amide bonds. The molecule has 25 heavy (non-hydrogen) atoms. The van der Waals surface area contributed by atoms with Gasteiger partial charge in [-0.3, -0.25) is 4.79 Å². The fourth-order valence-corrected chi connectivity index (χ4v) is 3.16. The van der Waals surface area contributed by atoms with E-state index in [4.69, 9.17) is 0 Å². The van der Waals surface area contributed by atoms with Crippen LogP contribution in [-0.4, -0.2) is 37.1 Å². The van der Waals surface area contributed by atoms with Crippen LogP contribution in [0, 0.1) is 0 Å². The summed E-state index contributed by atoms with van der Waals surface area (Å²) < 4.78 is 2.04. The van der Waals surface area contributed by atoms with Gasteiger partial charge in [0.15, 0.2) is 0 Å². The third kappa shape index (κ3) is 2.73. The quantitative estimate of drug-likeness (QED) is 0.600. The molecule has 0 aliphatic carbocycles. The SMILES string of the molecule is CC(C)NC(=O)Cn1c2ccccc2c2cc(-c3nn[nH]n3)ccc21. The average Bonchev–Trinajstić information content (AvgIpc) is 3.22. The molecule has 0 atom stereocenters. The zero-order chi connectivity index (χ0) is 17.4. The van der Waals surface area contributed by atoms with E-state index in [1.54, 1.807) is 0 Å². The predicted octanol–water partition coefficient (Wildman–Crippen LogP) is 2.50. The number of rotatable bonds is 4. The molecule has 7 nitrogen and oxygen atoms in total. The van der Waals surface area contributed by atoms with Crippen molar-refractivity contribution in [1.82, 2.24) is 30.5 Å². The lowest BCUT2D eigenvalue weighted by Crippen LogP contribution is -2.33. The molecule has 0 aliphatic heterocycles. The lowest BCUT2D eigenvalue weighted by Gasteiger charge is -2.11. The van der Waals surface area contributed by atoms with Crippen molar-refractivity contribution in [2.75, 3.05) is 0 Å². The van der Waals surface area contributed by atoms with E-state index < -0.39 is 0 Å². The number of aromatic nitrogens is 5. The molecule has 2 N–H and O–H groups in total. The molecule has 0 fully saturated rings. The molecular weight excluding hydrogens is 316 g/mol. The van der Waals surface area contributed by atoms with E-state index in [1.165, 1.54) is 0 Å². The summed E-state index contributed by atoms with van der Waals surface area (Å²) in [6, 6.07) is 14.2. The van der Waals surface area contributed by atoms with Gasteiger partial charge in [-0.25, -0.2) is 0 Å². The number of H-pyrrole nitrogens is 1. The van der Waals surface area contributed by atoms with Crippen LogP contribution in [0.15, 0.2) is 42.5 Å². The molecule has 0 saturated heterocycles. The van der Waals surface area contributed by atoms with Crippen LogP contribution in [-0.2, 0) is 11.3 Å². The van der Waals surface area contributed by atoms with Crippen molar-refractivity contribution in [3.05, 3.63) is 42.5 Å². The number of benzene rings is 2. The highest BCUT2D eigenvalue weighted by Crippen LogP contribution is 2.31. The zero-order valence-corrected chi connectivity index (χ0v) is 14.0. The summed E-state index contributed by atoms with van der Waals surface area (Å²) in [7, 11) is 0. The van der Waals surface area contributed by atoms with Crippen LogP contribution in [0.4, 0.5) is 0 Å². The van der Waals surface area contributed by atoms with Gasteiger partial charge in [0, 0.05) is 33.4 Å². The summed E-state index contributed by atoms with van der Waals surface area (Å²) in [6.07, 6.45) is 0. The van der Waals surface area contributed by atoms with Crippen LogP contribution < -0.4 is 5.32 Å². The molecule has 0 radical (unpaired) electrons. The summed E-state index contributed by atoms with van der Waals surface area (Å²) in [4.78, 5) is 12.3. The zero-order valence-electron chi connectivity index (χ0n) is 14.0. The van der Waals surface area contributed by atoms with Crippen molar-refractivity contribution in [1.29, 1.82) is 0 Å². The van der Waals surface area contributed by atoms with Gasteiger partial charge < -0.3 is 9.88 Å². The van der Waals surface area contributed by atoms with Gasteiger partial charge in [0.25, 0.3) is 0 Å². The van der Waals surface area contributed by atoms with E-state index in [2.05, 4.69) is 32.0 Å². The van der Waals surface area contributed by atoms with Gasteiger partial charge in [0.2, 0.25) is 11.7 Å². The molecule has 2 aromatic carbocycles. The minimum atomic E-state index is -0.0000949. The van der Waals surface area contributed by atoms with Gasteiger partial charge in [-0.15, -0.1) is 10.2 Å². The van der Waals surface area contributed by atoms with E-state index in [0.29, 0.717) is 5.82 Å². The smallest absolute Gasteiger partial charge is 0.240 e. The molecule has 7 heteroatoms. The van der Waals surface area contributed by atoms with Crippen molar-refractivity contribution in [3.63, 3.8) is 0 Å². The first-order valence-electron chi connectivity index (χ1n) is 8.17. The number of fused-ring (bicyclic) bond motifs is 3. The molecule has 0 bridgehead atoms. The first kappa shape index (κ1) is 15.3. The number of hydrogen-bond acceptors (Lipinski definition) is 4. The molecule has 0 unspecified atom stereocenters. The van der Waals surface area contributed by atoms with Crippen molar-refractivity contribution < 1.29 is 4.79 Å². The second kappa shape index (κ2) is 6.01. The summed E-state index contributed by atoms with van der Waals surface area (Å²) >= 11 is 0. The van der Waals surface area contributed by atoms with Gasteiger partial charge in [-0.2, -0.15) is 5.21 Å². The number of carbonyl (C=O) groups is 1. The number of tetrazole rings is 1. The maximum absolute atomic E-state index is 12.3. The van der Waals surface area contributed by atoms with Gasteiger partial charge in [-0.1, -0.05) is 18.2 Å². The van der Waals surface area contributed by atoms with Gasteiger partial charge in [-0.05, 0) is 43.3 Å². The maximum Gasteiger partial charge on any atom is 0.240 e. The molecule has 0 aliphatic rings. The Labute approximate surface area is 144 Å². The summed E-state index contributed by atoms with van der Waals surface area (Å²) in [5.74, 6) is 0.552. The average molecular weight is 334 g/mol. The third-order valence-corrected chi connectivity index (χ3v) is 4.13. The molecule has 2 aromatic heterocycles. The number of aromatic amines is 1. The predicted molar refractivity (Wildman–Crippen MR) is 95.9 cm³/mol. The van der Waals surface area contributed by atoms with Crippen LogP contribution >= 0.6 is 0 Å². The standard InChI is InChI=1S/C18H18N6O/c1-11(2)19-17(25)10-24-15-6-4-3-5-13(15)14-9-12(7-8-16(14)24)18-20-22-23-21-18/h3-9,11H,10H2,1-2H3,(H,19,25)(H,20,21,22,23). The second-order valence-corrected chi connectivity index (χ2v) is 6.29. The van der Waals surface area contributed by atoms with Crippen LogP contribution in [0.25, 0.3) is 33.2 Å². The fraction of sp³-hybridized carbons (Fsp3) is 0.222. The molecular formula is C18H18N6O. The monoisotopic (exact) mass is 334 g/mol. The molecule has 2 heterocycles. The maximum atomic E-state index is 12.3. The Morgan fingerprint density at radius 1 is 1.16 bits per heavy atom. The van der Waals surface area contributed by atoms with Crippen molar-refractivity contribution in [2.45, 2.75) is 26.4 Å². The Hall–Kier alpha value is -3.22. The first-order chi connectivity index (χ1) is 12.1. The summed E-state index contributed by atoms with van der Waals surface area (Å²) in [5, 5.41) is 19.3. The van der Waals surface area contributed by atoms with E-state index >= 15 is 0 Å². The highest BCUT2D eigenvalue weighted by atomic mass is 16.2. The fourth-order valence-electron chi connectivity index (χ4n) is 3.16. The number of amides is 1. The summed E-state index contributed by atoms with van der Waals surface area (Å²) in [6.45, 7) is 4.20. The Morgan fingerprint density at radius 2 is 1.96 bits per heavy atom. The van der Waals surface area contributed by atoms with Crippen LogP contribution in [0.1, 0.15) is 13.8 Å². The van der Waals surface area contributed by atoms with E-state index in [-0.39, 0.29) is 18.5 Å². The Bertz CT molecular complexity index is 1050. The molecule has 4 aromatic rings. The highest BCUT2D eigenvalue weighted by Gasteiger charge is 2.15. The molecule has 4 rings (SSSR count). The topological polar surface area (TPSA) is 88.5 Å². The number of carbonyl (C=O) groups excluding carboxylic acids is 1. The number of para-hydroxylation sites is 1. The number of nitrogens with one attached hydrogen (secondary N) is 2. The Balaban J connectivity index is 1.88. The lowest BCUT2D eigenvalue weighted by molar-refractivity contribution is -0.122. The van der Waals surface area contributed by atoms with E-state index in [9.17, 15) is 4.79 Å². The minimum Gasteiger partial charge on any atom is -0.352 e. The first-order valence-corrected chi connectivity index (χ1v) is 8.17. The summed E-state index contributed by atoms with van der Waals surface area (Å²) in [5.41, 5.74) is 2.92. The number of nitrogens with zero attached hydrogens (tertiary/aromatic N) is 4. The van der Waals surface area contributed by atoms with E-state index in [0.717, 1.165) is 27.4 Å². The lowest BCUT2D eigenvalue weighted by atomic mass is 10.1. The largest absolute Gasteiger partial charge is 0.352 e. The third-order valence-electron chi connectivity index (χ3n) is 4.13. The van der Waals surface area contributed by atoms with E-state index in [1.807, 2.05) is 54.8 Å². The van der Waals surface area contributed by atoms with Crippen molar-refractivity contribution in [2.24, 2.45) is 0 Å². The molecule has 126 valence electrons. The van der Waals surface area contributed by atoms with Gasteiger partial charge in [0.05, 0.1) is 0 Å². The van der Waals surface area contributed by atoms with Gasteiger partial charge in [0.1, 0.15) is 6.54 Å². The normalized spacial score (nSPS) is 11.5. The highest BCUT2D eigenvalue weighted by molar-refractivity contribution is 6.09. The minimum absolute atomic E-state index is 0.0000949. The van der Waals surface area contributed by atoms with Crippen LogP contribution in [0.3, 0.4) is 0 Å². The second-order valence-electron chi connectivity index (χ2n) is 6.29. The van der Waals surface area contributed by atoms with Crippen LogP contribution in [0.2, 0.25) is 0 Å². The van der Waals surface area contributed by atoms with Gasteiger partial charge >= 0.3 is 0 Å². The molecule has 0 saturated carbocycles. The van der Waals surface area contributed by atoms with Crippen molar-refractivity contribution in [3.8, 4) is 11.4 Å². The number of hydrogen-bond donors (Lipinski definition) is 2. The Morgan fingerprint density at radius 3 is 2.72 bits per heavy atom.